The number of rotatable bonds is 5. The summed E-state index contributed by atoms with van der Waals surface area (Å²) in [5.41, 5.74) is 1.29. The fourth-order valence-corrected chi connectivity index (χ4v) is 2.56. The van der Waals surface area contributed by atoms with Gasteiger partial charge in [-0.25, -0.2) is 4.98 Å². The number of ether oxygens (including phenoxy) is 1. The van der Waals surface area contributed by atoms with Crippen LogP contribution in [0.5, 0.6) is 0 Å². The third-order valence-electron chi connectivity index (χ3n) is 3.55. The Balaban J connectivity index is 2.08. The molecule has 17 heavy (non-hydrogen) atoms. The molecule has 1 aliphatic rings. The maximum atomic E-state index is 5.13. The lowest BCUT2D eigenvalue weighted by atomic mass is 10.0. The molecule has 1 heterocycles. The molecule has 0 amide bonds. The van der Waals surface area contributed by atoms with Crippen LogP contribution in [0.25, 0.3) is 0 Å². The highest BCUT2D eigenvalue weighted by molar-refractivity contribution is 5.33. The predicted octanol–water partition coefficient (Wildman–Crippen LogP) is 2.58. The lowest BCUT2D eigenvalue weighted by molar-refractivity contribution is 0.187. The number of hydrogen-bond acceptors (Lipinski definition) is 3. The van der Waals surface area contributed by atoms with E-state index in [1.165, 1.54) is 25.7 Å². The van der Waals surface area contributed by atoms with E-state index in [4.69, 9.17) is 4.74 Å². The first-order chi connectivity index (χ1) is 8.13. The van der Waals surface area contributed by atoms with Gasteiger partial charge in [-0.05, 0) is 26.7 Å². The molecule has 96 valence electrons. The summed E-state index contributed by atoms with van der Waals surface area (Å²) in [6.45, 7) is 5.91. The summed E-state index contributed by atoms with van der Waals surface area (Å²) < 4.78 is 7.28. The van der Waals surface area contributed by atoms with Crippen LogP contribution in [-0.2, 0) is 11.3 Å². The van der Waals surface area contributed by atoms with Crippen molar-refractivity contribution in [2.75, 3.05) is 19.0 Å². The van der Waals surface area contributed by atoms with Gasteiger partial charge in [-0.15, -0.1) is 0 Å². The molecule has 1 N–H and O–H groups in total. The van der Waals surface area contributed by atoms with Gasteiger partial charge in [-0.1, -0.05) is 12.8 Å². The minimum atomic E-state index is 0.225. The molecule has 1 aliphatic carbocycles. The molecule has 0 atom stereocenters. The third kappa shape index (κ3) is 3.00. The van der Waals surface area contributed by atoms with Gasteiger partial charge >= 0.3 is 0 Å². The molecule has 0 aliphatic heterocycles. The zero-order valence-electron chi connectivity index (χ0n) is 11.1. The molecule has 0 spiro atoms. The van der Waals surface area contributed by atoms with Crippen molar-refractivity contribution in [3.63, 3.8) is 0 Å². The van der Waals surface area contributed by atoms with Gasteiger partial charge in [0.1, 0.15) is 0 Å². The number of hydrogen-bond donors (Lipinski definition) is 1. The van der Waals surface area contributed by atoms with Crippen molar-refractivity contribution in [1.82, 2.24) is 9.55 Å². The molecule has 1 fully saturated rings. The standard InChI is InChI=1S/C13H23N3O/c1-11-10-16(8-9-17-3)12(14-11)15-13(2)6-4-5-7-13/h10H,4-9H2,1-3H3,(H,14,15). The van der Waals surface area contributed by atoms with E-state index in [1.807, 2.05) is 6.92 Å². The van der Waals surface area contributed by atoms with Crippen molar-refractivity contribution in [2.24, 2.45) is 0 Å². The lowest BCUT2D eigenvalue weighted by Crippen LogP contribution is -2.32. The molecule has 4 heteroatoms. The second-order valence-electron chi connectivity index (χ2n) is 5.28. The molecule has 0 unspecified atom stereocenters. The van der Waals surface area contributed by atoms with Gasteiger partial charge in [0, 0.05) is 25.4 Å². The summed E-state index contributed by atoms with van der Waals surface area (Å²) in [6.07, 6.45) is 7.20. The van der Waals surface area contributed by atoms with Crippen LogP contribution in [0.1, 0.15) is 38.3 Å². The van der Waals surface area contributed by atoms with E-state index in [0.717, 1.165) is 24.8 Å². The average molecular weight is 237 g/mol. The van der Waals surface area contributed by atoms with Crippen molar-refractivity contribution in [2.45, 2.75) is 51.6 Å². The maximum Gasteiger partial charge on any atom is 0.203 e. The first kappa shape index (κ1) is 12.4. The Labute approximate surface area is 103 Å². The van der Waals surface area contributed by atoms with Gasteiger partial charge in [0.2, 0.25) is 5.95 Å². The summed E-state index contributed by atoms with van der Waals surface area (Å²) in [7, 11) is 1.73. The molecule has 0 radical (unpaired) electrons. The van der Waals surface area contributed by atoms with Crippen molar-refractivity contribution >= 4 is 5.95 Å². The molecular weight excluding hydrogens is 214 g/mol. The SMILES string of the molecule is COCCn1cc(C)nc1NC1(C)CCCC1. The monoisotopic (exact) mass is 237 g/mol. The first-order valence-corrected chi connectivity index (χ1v) is 6.44. The van der Waals surface area contributed by atoms with E-state index in [-0.39, 0.29) is 5.54 Å². The molecular formula is C13H23N3O. The summed E-state index contributed by atoms with van der Waals surface area (Å²) in [5.74, 6) is 0.990. The summed E-state index contributed by atoms with van der Waals surface area (Å²) in [4.78, 5) is 4.57. The molecule has 1 saturated carbocycles. The van der Waals surface area contributed by atoms with E-state index in [1.54, 1.807) is 7.11 Å². The van der Waals surface area contributed by atoms with Crippen LogP contribution in [0.15, 0.2) is 6.20 Å². The maximum absolute atomic E-state index is 5.13. The van der Waals surface area contributed by atoms with Crippen molar-refractivity contribution < 1.29 is 4.74 Å². The van der Waals surface area contributed by atoms with Crippen molar-refractivity contribution in [3.8, 4) is 0 Å². The smallest absolute Gasteiger partial charge is 0.203 e. The average Bonchev–Trinajstić information content (AvgIpc) is 2.83. The first-order valence-electron chi connectivity index (χ1n) is 6.44. The molecule has 1 aromatic rings. The Morgan fingerprint density at radius 2 is 2.18 bits per heavy atom. The number of anilines is 1. The predicted molar refractivity (Wildman–Crippen MR) is 69.3 cm³/mol. The highest BCUT2D eigenvalue weighted by Crippen LogP contribution is 2.32. The second-order valence-corrected chi connectivity index (χ2v) is 5.28. The van der Waals surface area contributed by atoms with Crippen LogP contribution < -0.4 is 5.32 Å². The summed E-state index contributed by atoms with van der Waals surface area (Å²) in [6, 6.07) is 0. The highest BCUT2D eigenvalue weighted by atomic mass is 16.5. The van der Waals surface area contributed by atoms with Crippen LogP contribution in [0.3, 0.4) is 0 Å². The van der Waals surface area contributed by atoms with Gasteiger partial charge in [-0.3, -0.25) is 0 Å². The number of imidazole rings is 1. The molecule has 1 aromatic heterocycles. The number of methoxy groups -OCH3 is 1. The van der Waals surface area contributed by atoms with E-state index in [2.05, 4.69) is 28.0 Å². The lowest BCUT2D eigenvalue weighted by Gasteiger charge is -2.26. The topological polar surface area (TPSA) is 39.1 Å². The number of aromatic nitrogens is 2. The van der Waals surface area contributed by atoms with Crippen molar-refractivity contribution in [3.05, 3.63) is 11.9 Å². The number of nitrogens with zero attached hydrogens (tertiary/aromatic N) is 2. The van der Waals surface area contributed by atoms with Crippen LogP contribution in [0.4, 0.5) is 5.95 Å². The molecule has 0 saturated heterocycles. The van der Waals surface area contributed by atoms with E-state index in [9.17, 15) is 0 Å². The Morgan fingerprint density at radius 1 is 1.47 bits per heavy atom. The zero-order chi connectivity index (χ0) is 12.3. The number of aryl methyl sites for hydroxylation is 1. The van der Waals surface area contributed by atoms with E-state index < -0.39 is 0 Å². The third-order valence-corrected chi connectivity index (χ3v) is 3.55. The fourth-order valence-electron chi connectivity index (χ4n) is 2.56. The number of nitrogens with one attached hydrogen (secondary N) is 1. The Morgan fingerprint density at radius 3 is 2.82 bits per heavy atom. The highest BCUT2D eigenvalue weighted by Gasteiger charge is 2.29. The minimum Gasteiger partial charge on any atom is -0.383 e. The van der Waals surface area contributed by atoms with Crippen molar-refractivity contribution in [1.29, 1.82) is 0 Å². The molecule has 2 rings (SSSR count). The van der Waals surface area contributed by atoms with Crippen LogP contribution >= 0.6 is 0 Å². The van der Waals surface area contributed by atoms with E-state index in [0.29, 0.717) is 0 Å². The largest absolute Gasteiger partial charge is 0.383 e. The van der Waals surface area contributed by atoms with Crippen LogP contribution in [-0.4, -0.2) is 28.8 Å². The van der Waals surface area contributed by atoms with Gasteiger partial charge in [-0.2, -0.15) is 0 Å². The quantitative estimate of drug-likeness (QED) is 0.855. The van der Waals surface area contributed by atoms with E-state index >= 15 is 0 Å². The van der Waals surface area contributed by atoms with Crippen LogP contribution in [0, 0.1) is 6.92 Å². The normalized spacial score (nSPS) is 18.5. The van der Waals surface area contributed by atoms with Gasteiger partial charge in [0.05, 0.1) is 12.3 Å². The van der Waals surface area contributed by atoms with Crippen LogP contribution in [0.2, 0.25) is 0 Å². The minimum absolute atomic E-state index is 0.225. The Kier molecular flexibility index (Phi) is 3.72. The Bertz CT molecular complexity index is 367. The summed E-state index contributed by atoms with van der Waals surface area (Å²) >= 11 is 0. The molecule has 0 bridgehead atoms. The summed E-state index contributed by atoms with van der Waals surface area (Å²) in [5, 5.41) is 3.61. The van der Waals surface area contributed by atoms with Gasteiger partial charge < -0.3 is 14.6 Å². The molecule has 0 aromatic carbocycles. The Hall–Kier alpha value is -1.03. The second kappa shape index (κ2) is 5.08. The fraction of sp³-hybridized carbons (Fsp3) is 0.769. The van der Waals surface area contributed by atoms with Gasteiger partial charge in [0.15, 0.2) is 0 Å². The zero-order valence-corrected chi connectivity index (χ0v) is 11.1. The van der Waals surface area contributed by atoms with Gasteiger partial charge in [0.25, 0.3) is 0 Å². The molecule has 4 nitrogen and oxygen atoms in total.